The van der Waals surface area contributed by atoms with Crippen LogP contribution in [0, 0.1) is 21.4 Å². The molecule has 7 N–H and O–H groups in total. The van der Waals surface area contributed by atoms with Gasteiger partial charge in [0.2, 0.25) is 17.7 Å². The summed E-state index contributed by atoms with van der Waals surface area (Å²) in [4.78, 5) is 72.6. The number of aliphatic carboxylic acids is 2. The van der Waals surface area contributed by atoms with E-state index in [4.69, 9.17) is 11.6 Å². The number of carboxylic acid groups (broad SMARTS) is 2. The SMILES string of the molecule is CC(C)CC(NC(=O)Cc1ccc(NC(=C[N+](=O)[O-])Nc2ccc(Cl)cc2)cc1)C(=O)NC(CC=CCC(NC(=O)CC(C)(C)C)C(=O)O)C(=O)O. The van der Waals surface area contributed by atoms with Crippen molar-refractivity contribution >= 4 is 52.6 Å². The van der Waals surface area contributed by atoms with Gasteiger partial charge in [-0.3, -0.25) is 24.5 Å². The molecule has 282 valence electrons. The molecular formula is C36H47ClN6O9. The van der Waals surface area contributed by atoms with Crippen molar-refractivity contribution in [3.63, 3.8) is 0 Å². The molecule has 2 rings (SSSR count). The molecule has 3 unspecified atom stereocenters. The highest BCUT2D eigenvalue weighted by Crippen LogP contribution is 2.19. The molecule has 0 radical (unpaired) electrons. The van der Waals surface area contributed by atoms with Crippen molar-refractivity contribution in [3.05, 3.63) is 93.4 Å². The summed E-state index contributed by atoms with van der Waals surface area (Å²) in [6, 6.07) is 9.50. The minimum atomic E-state index is -1.36. The van der Waals surface area contributed by atoms with Gasteiger partial charge < -0.3 is 36.8 Å². The van der Waals surface area contributed by atoms with Crippen LogP contribution >= 0.6 is 11.6 Å². The molecule has 3 atom stereocenters. The highest BCUT2D eigenvalue weighted by Gasteiger charge is 2.27. The predicted molar refractivity (Wildman–Crippen MR) is 197 cm³/mol. The molecule has 0 aliphatic heterocycles. The summed E-state index contributed by atoms with van der Waals surface area (Å²) in [6.45, 7) is 9.23. The van der Waals surface area contributed by atoms with Gasteiger partial charge in [0.25, 0.3) is 6.20 Å². The molecule has 16 heteroatoms. The van der Waals surface area contributed by atoms with Gasteiger partial charge in [-0.25, -0.2) is 9.59 Å². The van der Waals surface area contributed by atoms with Crippen LogP contribution in [0.5, 0.6) is 0 Å². The lowest BCUT2D eigenvalue weighted by Gasteiger charge is -2.22. The standard InChI is InChI=1S/C36H47ClN6O9/c1-22(2)18-29(33(46)42-28(35(49)50)9-7-6-8-27(34(47)48)40-32(45)20-36(3,4)5)41-31(44)19-23-10-14-25(15-11-23)38-30(21-43(51)52)39-26-16-12-24(37)13-17-26/h6-7,10-17,21-22,27-29,38-39H,8-9,18-20H2,1-5H3,(H,40,45)(H,41,44)(H,42,46)(H,47,48)(H,49,50). The molecule has 2 aromatic rings. The maximum absolute atomic E-state index is 13.2. The molecule has 0 heterocycles. The maximum Gasteiger partial charge on any atom is 0.326 e. The van der Waals surface area contributed by atoms with Crippen molar-refractivity contribution in [2.75, 3.05) is 10.6 Å². The van der Waals surface area contributed by atoms with E-state index in [9.17, 15) is 44.3 Å². The first kappa shape index (κ1) is 42.7. The molecule has 0 aliphatic carbocycles. The molecule has 0 spiro atoms. The number of halogens is 1. The van der Waals surface area contributed by atoms with Crippen molar-refractivity contribution in [1.82, 2.24) is 16.0 Å². The Morgan fingerprint density at radius 1 is 0.788 bits per heavy atom. The van der Waals surface area contributed by atoms with Crippen LogP contribution < -0.4 is 26.6 Å². The van der Waals surface area contributed by atoms with E-state index in [0.717, 1.165) is 6.20 Å². The third kappa shape index (κ3) is 17.0. The summed E-state index contributed by atoms with van der Waals surface area (Å²) in [6.07, 6.45) is 3.61. The summed E-state index contributed by atoms with van der Waals surface area (Å²) in [5.74, 6) is -4.12. The van der Waals surface area contributed by atoms with Crippen LogP contribution in [0.4, 0.5) is 11.4 Å². The first-order valence-electron chi connectivity index (χ1n) is 16.5. The van der Waals surface area contributed by atoms with Crippen LogP contribution in [-0.2, 0) is 30.4 Å². The smallest absolute Gasteiger partial charge is 0.326 e. The summed E-state index contributed by atoms with van der Waals surface area (Å²) < 4.78 is 0. The van der Waals surface area contributed by atoms with Gasteiger partial charge in [-0.05, 0) is 72.6 Å². The van der Waals surface area contributed by atoms with Gasteiger partial charge in [-0.15, -0.1) is 0 Å². The van der Waals surface area contributed by atoms with Crippen molar-refractivity contribution in [3.8, 4) is 0 Å². The normalized spacial score (nSPS) is 13.5. The lowest BCUT2D eigenvalue weighted by molar-refractivity contribution is -0.403. The Balaban J connectivity index is 2.01. The Hall–Kier alpha value is -5.44. The van der Waals surface area contributed by atoms with E-state index >= 15 is 0 Å². The number of amides is 3. The molecule has 15 nitrogen and oxygen atoms in total. The molecule has 0 bridgehead atoms. The molecule has 0 saturated heterocycles. The van der Waals surface area contributed by atoms with Crippen LogP contribution in [0.15, 0.2) is 72.7 Å². The molecule has 0 aromatic heterocycles. The monoisotopic (exact) mass is 742 g/mol. The number of anilines is 2. The average Bonchev–Trinajstić information content (AvgIpc) is 3.01. The number of benzene rings is 2. The Labute approximate surface area is 307 Å². The highest BCUT2D eigenvalue weighted by atomic mass is 35.5. The third-order valence-corrected chi connectivity index (χ3v) is 7.42. The van der Waals surface area contributed by atoms with Gasteiger partial charge in [0.05, 0.1) is 11.3 Å². The average molecular weight is 743 g/mol. The van der Waals surface area contributed by atoms with Crippen molar-refractivity contribution < 1.29 is 39.1 Å². The zero-order valence-electron chi connectivity index (χ0n) is 29.8. The van der Waals surface area contributed by atoms with Crippen LogP contribution in [0.2, 0.25) is 5.02 Å². The van der Waals surface area contributed by atoms with Gasteiger partial charge in [0.15, 0.2) is 5.82 Å². The molecular weight excluding hydrogens is 696 g/mol. The Morgan fingerprint density at radius 2 is 1.27 bits per heavy atom. The second-order valence-electron chi connectivity index (χ2n) is 13.7. The molecule has 0 saturated carbocycles. The minimum absolute atomic E-state index is 0.0334. The Kier molecular flexibility index (Phi) is 16.8. The number of carbonyl (C=O) groups excluding carboxylic acids is 3. The third-order valence-electron chi connectivity index (χ3n) is 7.16. The predicted octanol–water partition coefficient (Wildman–Crippen LogP) is 4.92. The molecule has 0 fully saturated rings. The van der Waals surface area contributed by atoms with E-state index in [-0.39, 0.29) is 49.3 Å². The van der Waals surface area contributed by atoms with E-state index in [0.29, 0.717) is 22.0 Å². The maximum atomic E-state index is 13.2. The van der Waals surface area contributed by atoms with Crippen molar-refractivity contribution in [2.45, 2.75) is 84.8 Å². The fourth-order valence-corrected chi connectivity index (χ4v) is 4.92. The van der Waals surface area contributed by atoms with Crippen LogP contribution in [0.1, 0.15) is 65.9 Å². The lowest BCUT2D eigenvalue weighted by atomic mass is 9.92. The number of nitrogens with zero attached hydrogens (tertiary/aromatic N) is 1. The zero-order valence-corrected chi connectivity index (χ0v) is 30.5. The lowest BCUT2D eigenvalue weighted by Crippen LogP contribution is -2.52. The summed E-state index contributed by atoms with van der Waals surface area (Å²) >= 11 is 5.91. The summed E-state index contributed by atoms with van der Waals surface area (Å²) in [5, 5.41) is 44.3. The second-order valence-corrected chi connectivity index (χ2v) is 14.2. The molecule has 2 aromatic carbocycles. The summed E-state index contributed by atoms with van der Waals surface area (Å²) in [7, 11) is 0. The zero-order chi connectivity index (χ0) is 39.0. The first-order valence-corrected chi connectivity index (χ1v) is 16.9. The minimum Gasteiger partial charge on any atom is -0.480 e. The quantitative estimate of drug-likeness (QED) is 0.0547. The number of nitrogens with one attached hydrogen (secondary N) is 5. The second kappa shape index (κ2) is 20.4. The van der Waals surface area contributed by atoms with Gasteiger partial charge in [-0.1, -0.05) is 70.5 Å². The van der Waals surface area contributed by atoms with Gasteiger partial charge in [0.1, 0.15) is 18.1 Å². The summed E-state index contributed by atoms with van der Waals surface area (Å²) in [5.41, 5.74) is 1.30. The Morgan fingerprint density at radius 3 is 1.73 bits per heavy atom. The Bertz CT molecular complexity index is 1620. The molecule has 3 amide bonds. The number of hydrogen-bond acceptors (Lipinski definition) is 9. The number of nitro groups is 1. The fraction of sp³-hybridized carbons (Fsp3) is 0.417. The van der Waals surface area contributed by atoms with E-state index in [1.807, 2.05) is 34.6 Å². The van der Waals surface area contributed by atoms with E-state index in [1.165, 1.54) is 12.2 Å². The van der Waals surface area contributed by atoms with Gasteiger partial charge in [-0.2, -0.15) is 0 Å². The van der Waals surface area contributed by atoms with E-state index in [1.54, 1.807) is 48.5 Å². The molecule has 52 heavy (non-hydrogen) atoms. The molecule has 0 aliphatic rings. The van der Waals surface area contributed by atoms with Crippen LogP contribution in [0.3, 0.4) is 0 Å². The number of rotatable bonds is 20. The highest BCUT2D eigenvalue weighted by molar-refractivity contribution is 6.30. The van der Waals surface area contributed by atoms with Gasteiger partial charge >= 0.3 is 11.9 Å². The number of carboxylic acids is 2. The van der Waals surface area contributed by atoms with Crippen molar-refractivity contribution in [1.29, 1.82) is 0 Å². The fourth-order valence-electron chi connectivity index (χ4n) is 4.79. The topological polar surface area (TPSA) is 229 Å². The van der Waals surface area contributed by atoms with Crippen LogP contribution in [-0.4, -0.2) is 62.9 Å². The first-order chi connectivity index (χ1) is 24.3. The van der Waals surface area contributed by atoms with Crippen LogP contribution in [0.25, 0.3) is 0 Å². The van der Waals surface area contributed by atoms with E-state index in [2.05, 4.69) is 26.6 Å². The van der Waals surface area contributed by atoms with E-state index < -0.39 is 52.7 Å². The van der Waals surface area contributed by atoms with Crippen molar-refractivity contribution in [2.24, 2.45) is 11.3 Å². The number of hydrogen-bond donors (Lipinski definition) is 7. The largest absolute Gasteiger partial charge is 0.480 e. The number of carbonyl (C=O) groups is 5. The van der Waals surface area contributed by atoms with Gasteiger partial charge in [0, 0.05) is 22.8 Å².